The number of nitrogens with one attached hydrogen (secondary N) is 1. The molecule has 0 saturated heterocycles. The lowest BCUT2D eigenvalue weighted by Crippen LogP contribution is -2.25. The highest BCUT2D eigenvalue weighted by molar-refractivity contribution is 7.80. The number of nitrogens with two attached hydrogens (primary N) is 1. The van der Waals surface area contributed by atoms with Gasteiger partial charge in [0.2, 0.25) is 5.75 Å². The van der Waals surface area contributed by atoms with Gasteiger partial charge in [-0.3, -0.25) is 10.2 Å². The van der Waals surface area contributed by atoms with Gasteiger partial charge in [-0.1, -0.05) is 5.57 Å². The third kappa shape index (κ3) is 5.10. The van der Waals surface area contributed by atoms with Gasteiger partial charge in [-0.05, 0) is 69.3 Å². The minimum absolute atomic E-state index is 0.0393. The Morgan fingerprint density at radius 1 is 1.26 bits per heavy atom. The Kier molecular flexibility index (Phi) is 7.37. The van der Waals surface area contributed by atoms with Gasteiger partial charge in [0.15, 0.2) is 16.6 Å². The molecule has 1 unspecified atom stereocenters. The minimum Gasteiger partial charge on any atom is -0.492 e. The zero-order valence-electron chi connectivity index (χ0n) is 18.1. The molecule has 0 heterocycles. The lowest BCUT2D eigenvalue weighted by molar-refractivity contribution is -0.137. The maximum Gasteiger partial charge on any atom is 0.303 e. The van der Waals surface area contributed by atoms with Gasteiger partial charge in [0.05, 0.1) is 26.0 Å². The van der Waals surface area contributed by atoms with Gasteiger partial charge in [-0.25, -0.2) is 0 Å². The second kappa shape index (κ2) is 10.00. The maximum absolute atomic E-state index is 10.9. The number of fused-ring (bicyclic) bond motifs is 2. The summed E-state index contributed by atoms with van der Waals surface area (Å²) < 4.78 is 17.6. The summed E-state index contributed by atoms with van der Waals surface area (Å²) >= 11 is 4.91. The number of nitrogens with zero attached hydrogens (tertiary/aromatic N) is 1. The topological polar surface area (TPSA) is 115 Å². The Hall–Kier alpha value is -2.81. The second-order valence-corrected chi connectivity index (χ2v) is 8.14. The smallest absolute Gasteiger partial charge is 0.303 e. The van der Waals surface area contributed by atoms with Crippen molar-refractivity contribution < 1.29 is 24.1 Å². The molecule has 1 aromatic carbocycles. The van der Waals surface area contributed by atoms with E-state index in [9.17, 15) is 4.79 Å². The molecule has 0 radical (unpaired) electrons. The van der Waals surface area contributed by atoms with Gasteiger partial charge < -0.3 is 25.1 Å². The van der Waals surface area contributed by atoms with E-state index >= 15 is 0 Å². The van der Waals surface area contributed by atoms with Crippen molar-refractivity contribution in [1.29, 1.82) is 0 Å². The summed E-state index contributed by atoms with van der Waals surface area (Å²) in [6.07, 6.45) is 4.73. The molecule has 8 nitrogen and oxygen atoms in total. The number of allylic oxidation sites excluding steroid dienone is 2. The average molecular weight is 448 g/mol. The molecule has 0 bridgehead atoms. The molecule has 0 amide bonds. The molecule has 0 spiro atoms. The van der Waals surface area contributed by atoms with Gasteiger partial charge in [0, 0.05) is 17.6 Å². The number of carboxylic acid groups (broad SMARTS) is 1. The van der Waals surface area contributed by atoms with E-state index in [0.717, 1.165) is 54.5 Å². The first-order valence-electron chi connectivity index (χ1n) is 10.4. The van der Waals surface area contributed by atoms with E-state index in [1.807, 2.05) is 13.0 Å². The molecule has 0 saturated carbocycles. The number of carboxylic acids is 1. The molecule has 0 aromatic heterocycles. The fourth-order valence-electron chi connectivity index (χ4n) is 4.24. The standard InChI is InChI=1S/C22H29N3O5S/c1-12(7-10-17(26)27)30-16-11-14-6-4-5-13-8-9-15(24-25-22(23)31)18(13)19(14)21(29-3)20(16)28-2/h11-12H,4-10H2,1-3H3,(H,26,27)(H3,23,25,31). The van der Waals surface area contributed by atoms with Crippen LogP contribution in [0.3, 0.4) is 0 Å². The summed E-state index contributed by atoms with van der Waals surface area (Å²) in [5.41, 5.74) is 13.7. The SMILES string of the molecule is COc1c(OC(C)CCC(=O)O)cc2c(c1OC)C1=C(CCC2)CCC1=NNC(N)=S. The Labute approximate surface area is 187 Å². The predicted octanol–water partition coefficient (Wildman–Crippen LogP) is 3.41. The van der Waals surface area contributed by atoms with Crippen molar-refractivity contribution in [3.05, 3.63) is 22.8 Å². The first-order valence-corrected chi connectivity index (χ1v) is 10.8. The van der Waals surface area contributed by atoms with E-state index < -0.39 is 5.97 Å². The number of ether oxygens (including phenoxy) is 3. The van der Waals surface area contributed by atoms with Crippen molar-refractivity contribution in [2.45, 2.75) is 58.0 Å². The zero-order chi connectivity index (χ0) is 22.5. The molecule has 2 aliphatic rings. The molecule has 4 N–H and O–H groups in total. The van der Waals surface area contributed by atoms with Gasteiger partial charge in [-0.15, -0.1) is 0 Å². The lowest BCUT2D eigenvalue weighted by atomic mass is 9.94. The number of rotatable bonds is 8. The second-order valence-electron chi connectivity index (χ2n) is 7.70. The fraction of sp³-hybridized carbons (Fsp3) is 0.500. The summed E-state index contributed by atoms with van der Waals surface area (Å²) in [4.78, 5) is 10.9. The van der Waals surface area contributed by atoms with Crippen LogP contribution in [0.5, 0.6) is 17.2 Å². The molecule has 1 atom stereocenters. The molecule has 0 aliphatic heterocycles. The molecule has 3 rings (SSSR count). The van der Waals surface area contributed by atoms with Crippen molar-refractivity contribution >= 4 is 34.6 Å². The van der Waals surface area contributed by atoms with Gasteiger partial charge in [0.25, 0.3) is 0 Å². The van der Waals surface area contributed by atoms with Crippen LogP contribution in [0, 0.1) is 0 Å². The van der Waals surface area contributed by atoms with E-state index in [1.54, 1.807) is 14.2 Å². The van der Waals surface area contributed by atoms with Crippen molar-refractivity contribution in [3.63, 3.8) is 0 Å². The fourth-order valence-corrected chi connectivity index (χ4v) is 4.28. The number of methoxy groups -OCH3 is 2. The number of hydrazone groups is 1. The van der Waals surface area contributed by atoms with E-state index in [1.165, 1.54) is 5.57 Å². The quantitative estimate of drug-likeness (QED) is 0.410. The van der Waals surface area contributed by atoms with Crippen LogP contribution in [0.15, 0.2) is 16.7 Å². The molecule has 2 aliphatic carbocycles. The molecule has 0 fully saturated rings. The largest absolute Gasteiger partial charge is 0.492 e. The van der Waals surface area contributed by atoms with Crippen LogP contribution in [-0.4, -0.2) is 42.2 Å². The number of benzene rings is 1. The lowest BCUT2D eigenvalue weighted by Gasteiger charge is -2.23. The summed E-state index contributed by atoms with van der Waals surface area (Å²) in [6.45, 7) is 1.85. The van der Waals surface area contributed by atoms with Crippen molar-refractivity contribution in [2.24, 2.45) is 10.8 Å². The summed E-state index contributed by atoms with van der Waals surface area (Å²) in [5, 5.41) is 13.5. The molecule has 9 heteroatoms. The molecule has 31 heavy (non-hydrogen) atoms. The molecular weight excluding hydrogens is 418 g/mol. The van der Waals surface area contributed by atoms with Gasteiger partial charge in [-0.2, -0.15) is 5.10 Å². The highest BCUT2D eigenvalue weighted by Crippen LogP contribution is 2.50. The van der Waals surface area contributed by atoms with E-state index in [-0.39, 0.29) is 17.6 Å². The first-order chi connectivity index (χ1) is 14.8. The number of thiocarbonyl (C=S) groups is 1. The Bertz CT molecular complexity index is 942. The molecular formula is C22H29N3O5S. The Morgan fingerprint density at radius 2 is 2.00 bits per heavy atom. The van der Waals surface area contributed by atoms with E-state index in [0.29, 0.717) is 23.7 Å². The highest BCUT2D eigenvalue weighted by Gasteiger charge is 2.32. The van der Waals surface area contributed by atoms with Crippen molar-refractivity contribution in [3.8, 4) is 17.2 Å². The van der Waals surface area contributed by atoms with Crippen LogP contribution in [0.4, 0.5) is 0 Å². The van der Waals surface area contributed by atoms with E-state index in [4.69, 9.17) is 37.3 Å². The number of hydrogen-bond donors (Lipinski definition) is 3. The minimum atomic E-state index is -0.847. The van der Waals surface area contributed by atoms with Crippen LogP contribution in [0.1, 0.15) is 56.6 Å². The number of hydrogen-bond acceptors (Lipinski definition) is 6. The maximum atomic E-state index is 10.9. The van der Waals surface area contributed by atoms with E-state index in [2.05, 4.69) is 10.5 Å². The number of aliphatic carboxylic acids is 1. The van der Waals surface area contributed by atoms with Gasteiger partial charge in [0.1, 0.15) is 0 Å². The van der Waals surface area contributed by atoms with Crippen molar-refractivity contribution in [2.75, 3.05) is 14.2 Å². The Morgan fingerprint density at radius 3 is 2.65 bits per heavy atom. The normalized spacial score (nSPS) is 17.5. The van der Waals surface area contributed by atoms with Crippen LogP contribution >= 0.6 is 12.2 Å². The first kappa shape index (κ1) is 22.9. The highest BCUT2D eigenvalue weighted by atomic mass is 32.1. The van der Waals surface area contributed by atoms with Gasteiger partial charge >= 0.3 is 5.97 Å². The summed E-state index contributed by atoms with van der Waals surface area (Å²) in [6, 6.07) is 1.99. The average Bonchev–Trinajstić information content (AvgIpc) is 3.03. The molecule has 1 aromatic rings. The van der Waals surface area contributed by atoms with Crippen LogP contribution in [-0.2, 0) is 11.2 Å². The summed E-state index contributed by atoms with van der Waals surface area (Å²) in [5.74, 6) is 0.795. The predicted molar refractivity (Wildman–Crippen MR) is 123 cm³/mol. The third-order valence-corrected chi connectivity index (χ3v) is 5.66. The molecule has 168 valence electrons. The third-order valence-electron chi connectivity index (χ3n) is 5.57. The zero-order valence-corrected chi connectivity index (χ0v) is 18.9. The van der Waals surface area contributed by atoms with Crippen LogP contribution < -0.4 is 25.4 Å². The van der Waals surface area contributed by atoms with Crippen LogP contribution in [0.25, 0.3) is 5.57 Å². The number of aryl methyl sites for hydroxylation is 1. The number of carbonyl (C=O) groups is 1. The van der Waals surface area contributed by atoms with Crippen LogP contribution in [0.2, 0.25) is 0 Å². The summed E-state index contributed by atoms with van der Waals surface area (Å²) in [7, 11) is 3.18. The Balaban J connectivity index is 2.07. The monoisotopic (exact) mass is 447 g/mol. The van der Waals surface area contributed by atoms with Crippen molar-refractivity contribution in [1.82, 2.24) is 5.43 Å².